The third-order valence-electron chi connectivity index (χ3n) is 2.71. The fourth-order valence-corrected chi connectivity index (χ4v) is 1.80. The van der Waals surface area contributed by atoms with Gasteiger partial charge in [-0.1, -0.05) is 0 Å². The Kier molecular flexibility index (Phi) is 3.49. The van der Waals surface area contributed by atoms with E-state index in [0.717, 1.165) is 6.54 Å². The lowest BCUT2D eigenvalue weighted by Crippen LogP contribution is -2.52. The van der Waals surface area contributed by atoms with Crippen molar-refractivity contribution >= 4 is 11.8 Å². The van der Waals surface area contributed by atoms with Crippen molar-refractivity contribution < 1.29 is 9.53 Å². The van der Waals surface area contributed by atoms with E-state index in [-0.39, 0.29) is 6.09 Å². The maximum Gasteiger partial charge on any atom is 0.415 e. The van der Waals surface area contributed by atoms with Crippen LogP contribution in [0.25, 0.3) is 0 Å². The van der Waals surface area contributed by atoms with Gasteiger partial charge in [-0.2, -0.15) is 0 Å². The van der Waals surface area contributed by atoms with E-state index in [1.807, 2.05) is 6.92 Å². The lowest BCUT2D eigenvalue weighted by Gasteiger charge is -2.30. The summed E-state index contributed by atoms with van der Waals surface area (Å²) in [6.45, 7) is 4.20. The second kappa shape index (κ2) is 5.05. The molecule has 1 amide bonds. The quantitative estimate of drug-likeness (QED) is 0.714. The highest BCUT2D eigenvalue weighted by Gasteiger charge is 2.21. The summed E-state index contributed by atoms with van der Waals surface area (Å²) in [5.41, 5.74) is 6.21. The predicted molar refractivity (Wildman–Crippen MR) is 65.9 cm³/mol. The minimum Gasteiger partial charge on any atom is -0.410 e. The average molecular weight is 235 g/mol. The van der Waals surface area contributed by atoms with Gasteiger partial charge in [-0.25, -0.2) is 4.79 Å². The number of ether oxygens (including phenoxy) is 1. The first kappa shape index (κ1) is 11.7. The SMILES string of the molecule is CC1CN(C(=O)Oc2ccc(N)cc2)CCN1. The molecule has 3 N–H and O–H groups in total. The minimum absolute atomic E-state index is 0.303. The predicted octanol–water partition coefficient (Wildman–Crippen LogP) is 1.06. The average Bonchev–Trinajstić information content (AvgIpc) is 2.32. The molecule has 5 nitrogen and oxygen atoms in total. The second-order valence-corrected chi connectivity index (χ2v) is 4.24. The summed E-state index contributed by atoms with van der Waals surface area (Å²) in [7, 11) is 0. The summed E-state index contributed by atoms with van der Waals surface area (Å²) in [4.78, 5) is 13.5. The number of nitrogens with one attached hydrogen (secondary N) is 1. The van der Waals surface area contributed by atoms with Crippen molar-refractivity contribution in [3.63, 3.8) is 0 Å². The molecule has 0 spiro atoms. The number of carbonyl (C=O) groups is 1. The zero-order valence-corrected chi connectivity index (χ0v) is 9.85. The van der Waals surface area contributed by atoms with Gasteiger partial charge in [0.25, 0.3) is 0 Å². The number of piperazine rings is 1. The Bertz CT molecular complexity index is 391. The van der Waals surface area contributed by atoms with Crippen molar-refractivity contribution in [2.45, 2.75) is 13.0 Å². The van der Waals surface area contributed by atoms with Gasteiger partial charge in [-0.05, 0) is 31.2 Å². The van der Waals surface area contributed by atoms with Gasteiger partial charge in [-0.3, -0.25) is 0 Å². The normalized spacial score (nSPS) is 20.1. The van der Waals surface area contributed by atoms with E-state index in [2.05, 4.69) is 5.32 Å². The number of amides is 1. The molecule has 0 bridgehead atoms. The zero-order chi connectivity index (χ0) is 12.3. The van der Waals surface area contributed by atoms with Gasteiger partial charge >= 0.3 is 6.09 Å². The summed E-state index contributed by atoms with van der Waals surface area (Å²) < 4.78 is 5.26. The number of benzene rings is 1. The molecule has 1 heterocycles. The minimum atomic E-state index is -0.303. The first-order valence-corrected chi connectivity index (χ1v) is 5.71. The van der Waals surface area contributed by atoms with Gasteiger partial charge in [0.1, 0.15) is 5.75 Å². The summed E-state index contributed by atoms with van der Waals surface area (Å²) in [5, 5.41) is 3.27. The standard InChI is InChI=1S/C12H17N3O2/c1-9-8-15(7-6-14-9)12(16)17-11-4-2-10(13)3-5-11/h2-5,9,14H,6-8,13H2,1H3. The Morgan fingerprint density at radius 3 is 2.82 bits per heavy atom. The number of nitrogens with zero attached hydrogens (tertiary/aromatic N) is 1. The molecule has 1 atom stereocenters. The molecule has 0 radical (unpaired) electrons. The van der Waals surface area contributed by atoms with Crippen LogP contribution in [0, 0.1) is 0 Å². The van der Waals surface area contributed by atoms with Crippen molar-refractivity contribution in [2.75, 3.05) is 25.4 Å². The molecule has 1 aliphatic rings. The molecule has 0 saturated carbocycles. The molecule has 1 unspecified atom stereocenters. The first-order valence-electron chi connectivity index (χ1n) is 5.71. The smallest absolute Gasteiger partial charge is 0.410 e. The summed E-state index contributed by atoms with van der Waals surface area (Å²) in [6.07, 6.45) is -0.303. The van der Waals surface area contributed by atoms with Crippen LogP contribution in [-0.4, -0.2) is 36.7 Å². The molecular weight excluding hydrogens is 218 g/mol. The Labute approximate surface area is 101 Å². The topological polar surface area (TPSA) is 67.6 Å². The van der Waals surface area contributed by atoms with E-state index < -0.39 is 0 Å². The van der Waals surface area contributed by atoms with Crippen LogP contribution in [0.5, 0.6) is 5.75 Å². The Morgan fingerprint density at radius 1 is 1.47 bits per heavy atom. The fourth-order valence-electron chi connectivity index (χ4n) is 1.80. The van der Waals surface area contributed by atoms with Crippen molar-refractivity contribution in [3.05, 3.63) is 24.3 Å². The molecule has 5 heteroatoms. The van der Waals surface area contributed by atoms with Crippen LogP contribution in [-0.2, 0) is 0 Å². The van der Waals surface area contributed by atoms with Crippen molar-refractivity contribution in [1.82, 2.24) is 10.2 Å². The number of hydrogen-bond acceptors (Lipinski definition) is 4. The van der Waals surface area contributed by atoms with Crippen molar-refractivity contribution in [1.29, 1.82) is 0 Å². The highest BCUT2D eigenvalue weighted by atomic mass is 16.6. The van der Waals surface area contributed by atoms with Gasteiger partial charge in [0.2, 0.25) is 0 Å². The fraction of sp³-hybridized carbons (Fsp3) is 0.417. The number of carbonyl (C=O) groups excluding carboxylic acids is 1. The lowest BCUT2D eigenvalue weighted by atomic mass is 10.2. The monoisotopic (exact) mass is 235 g/mol. The third-order valence-corrected chi connectivity index (χ3v) is 2.71. The molecular formula is C12H17N3O2. The van der Waals surface area contributed by atoms with Crippen molar-refractivity contribution in [3.8, 4) is 5.75 Å². The molecule has 0 aromatic heterocycles. The maximum absolute atomic E-state index is 11.8. The number of anilines is 1. The third kappa shape index (κ3) is 3.10. The van der Waals surface area contributed by atoms with Crippen LogP contribution in [0.15, 0.2) is 24.3 Å². The van der Waals surface area contributed by atoms with Gasteiger partial charge in [0, 0.05) is 31.4 Å². The summed E-state index contributed by atoms with van der Waals surface area (Å²) in [6, 6.07) is 7.12. The molecule has 1 aliphatic heterocycles. The number of nitrogens with two attached hydrogens (primary N) is 1. The zero-order valence-electron chi connectivity index (χ0n) is 9.85. The van der Waals surface area contributed by atoms with Crippen LogP contribution in [0.1, 0.15) is 6.92 Å². The van der Waals surface area contributed by atoms with E-state index in [4.69, 9.17) is 10.5 Å². The highest BCUT2D eigenvalue weighted by Crippen LogP contribution is 2.14. The van der Waals surface area contributed by atoms with E-state index in [9.17, 15) is 4.79 Å². The molecule has 1 aromatic carbocycles. The van der Waals surface area contributed by atoms with Crippen molar-refractivity contribution in [2.24, 2.45) is 0 Å². The maximum atomic E-state index is 11.8. The van der Waals surface area contributed by atoms with Crippen LogP contribution >= 0.6 is 0 Å². The van der Waals surface area contributed by atoms with E-state index in [1.54, 1.807) is 29.2 Å². The number of nitrogen functional groups attached to an aromatic ring is 1. The first-order chi connectivity index (χ1) is 8.15. The summed E-state index contributed by atoms with van der Waals surface area (Å²) in [5.74, 6) is 0.524. The van der Waals surface area contributed by atoms with Gasteiger partial charge in [-0.15, -0.1) is 0 Å². The van der Waals surface area contributed by atoms with Crippen LogP contribution in [0.2, 0.25) is 0 Å². The van der Waals surface area contributed by atoms with E-state index in [0.29, 0.717) is 30.6 Å². The summed E-state index contributed by atoms with van der Waals surface area (Å²) >= 11 is 0. The lowest BCUT2D eigenvalue weighted by molar-refractivity contribution is 0.137. The molecule has 2 rings (SSSR count). The molecule has 1 saturated heterocycles. The van der Waals surface area contributed by atoms with E-state index >= 15 is 0 Å². The van der Waals surface area contributed by atoms with Gasteiger partial charge < -0.3 is 20.7 Å². The Hall–Kier alpha value is -1.75. The van der Waals surface area contributed by atoms with Crippen LogP contribution < -0.4 is 15.8 Å². The molecule has 1 fully saturated rings. The largest absolute Gasteiger partial charge is 0.415 e. The number of hydrogen-bond donors (Lipinski definition) is 2. The molecule has 92 valence electrons. The van der Waals surface area contributed by atoms with Crippen LogP contribution in [0.3, 0.4) is 0 Å². The van der Waals surface area contributed by atoms with E-state index in [1.165, 1.54) is 0 Å². The van der Waals surface area contributed by atoms with Gasteiger partial charge in [0.05, 0.1) is 0 Å². The second-order valence-electron chi connectivity index (χ2n) is 4.24. The molecule has 0 aliphatic carbocycles. The van der Waals surface area contributed by atoms with Gasteiger partial charge in [0.15, 0.2) is 0 Å². The Morgan fingerprint density at radius 2 is 2.18 bits per heavy atom. The highest BCUT2D eigenvalue weighted by molar-refractivity contribution is 5.71. The molecule has 17 heavy (non-hydrogen) atoms. The Balaban J connectivity index is 1.94. The van der Waals surface area contributed by atoms with Crippen LogP contribution in [0.4, 0.5) is 10.5 Å². The number of rotatable bonds is 1. The molecule has 1 aromatic rings.